The van der Waals surface area contributed by atoms with Crippen molar-refractivity contribution >= 4 is 45.0 Å². The van der Waals surface area contributed by atoms with E-state index in [0.717, 1.165) is 29.2 Å². The number of carbonyl (C=O) groups excluding carboxylic acids is 1. The van der Waals surface area contributed by atoms with Gasteiger partial charge in [0.05, 0.1) is 22.3 Å². The Kier molecular flexibility index (Phi) is 5.94. The fourth-order valence-electron chi connectivity index (χ4n) is 3.05. The predicted octanol–water partition coefficient (Wildman–Crippen LogP) is 4.94. The van der Waals surface area contributed by atoms with Gasteiger partial charge in [-0.3, -0.25) is 4.79 Å². The summed E-state index contributed by atoms with van der Waals surface area (Å²) in [6.07, 6.45) is 0.891. The molecule has 0 saturated heterocycles. The molecule has 0 aliphatic carbocycles. The molecule has 0 atom stereocenters. The first-order valence-electron chi connectivity index (χ1n) is 9.14. The summed E-state index contributed by atoms with van der Waals surface area (Å²) in [4.78, 5) is 17.1. The molecule has 1 amide bonds. The zero-order valence-corrected chi connectivity index (χ0v) is 17.2. The second-order valence-corrected chi connectivity index (χ2v) is 8.24. The average molecular weight is 419 g/mol. The van der Waals surface area contributed by atoms with E-state index in [1.807, 2.05) is 36.4 Å². The summed E-state index contributed by atoms with van der Waals surface area (Å²) in [5, 5.41) is 15.1. The first-order chi connectivity index (χ1) is 14.2. The van der Waals surface area contributed by atoms with E-state index in [2.05, 4.69) is 34.2 Å². The van der Waals surface area contributed by atoms with Crippen LogP contribution in [0.2, 0.25) is 0 Å². The van der Waals surface area contributed by atoms with Gasteiger partial charge in [0.2, 0.25) is 5.91 Å². The van der Waals surface area contributed by atoms with Crippen LogP contribution in [-0.4, -0.2) is 21.2 Å². The molecule has 0 spiro atoms. The Morgan fingerprint density at radius 2 is 1.93 bits per heavy atom. The highest BCUT2D eigenvalue weighted by atomic mass is 32.2. The summed E-state index contributed by atoms with van der Waals surface area (Å²) < 4.78 is 2.17. The van der Waals surface area contributed by atoms with Crippen LogP contribution >= 0.6 is 23.1 Å². The van der Waals surface area contributed by atoms with E-state index in [0.29, 0.717) is 10.6 Å². The van der Waals surface area contributed by atoms with Crippen molar-refractivity contribution in [3.8, 4) is 6.07 Å². The lowest BCUT2D eigenvalue weighted by molar-refractivity contribution is -0.113. The number of benzene rings is 2. The number of rotatable bonds is 7. The molecule has 2 heterocycles. The maximum absolute atomic E-state index is 12.4. The maximum Gasteiger partial charge on any atom is 0.235 e. The van der Waals surface area contributed by atoms with Crippen molar-refractivity contribution in [1.82, 2.24) is 9.55 Å². The maximum atomic E-state index is 12.4. The minimum atomic E-state index is -0.143. The number of hydrogen-bond acceptors (Lipinski definition) is 5. The van der Waals surface area contributed by atoms with Crippen LogP contribution in [0.25, 0.3) is 11.0 Å². The summed E-state index contributed by atoms with van der Waals surface area (Å²) >= 11 is 2.77. The number of fused-ring (bicyclic) bond motifs is 1. The number of thiophene rings is 1. The Balaban J connectivity index is 1.49. The van der Waals surface area contributed by atoms with E-state index in [9.17, 15) is 4.79 Å². The van der Waals surface area contributed by atoms with Gasteiger partial charge in [-0.2, -0.15) is 5.26 Å². The number of amides is 1. The molecule has 0 aliphatic heterocycles. The third-order valence-corrected chi connectivity index (χ3v) is 6.26. The largest absolute Gasteiger partial charge is 0.319 e. The van der Waals surface area contributed by atoms with Crippen LogP contribution in [-0.2, 0) is 17.8 Å². The number of carbonyl (C=O) groups is 1. The van der Waals surface area contributed by atoms with Crippen LogP contribution in [0.5, 0.6) is 0 Å². The Hall–Kier alpha value is -3.08. The fourth-order valence-corrected chi connectivity index (χ4v) is 4.65. The lowest BCUT2D eigenvalue weighted by Gasteiger charge is -2.09. The highest BCUT2D eigenvalue weighted by molar-refractivity contribution is 7.99. The molecule has 2 aromatic heterocycles. The van der Waals surface area contributed by atoms with Gasteiger partial charge in [-0.25, -0.2) is 4.98 Å². The van der Waals surface area contributed by atoms with Gasteiger partial charge in [0.25, 0.3) is 0 Å². The van der Waals surface area contributed by atoms with Crippen molar-refractivity contribution in [2.75, 3.05) is 11.1 Å². The van der Waals surface area contributed by atoms with Crippen LogP contribution in [0.3, 0.4) is 0 Å². The number of thioether (sulfide) groups is 1. The molecule has 1 N–H and O–H groups in total. The minimum Gasteiger partial charge on any atom is -0.319 e. The van der Waals surface area contributed by atoms with Crippen LogP contribution in [0.1, 0.15) is 11.1 Å². The summed E-state index contributed by atoms with van der Waals surface area (Å²) in [6, 6.07) is 22.2. The number of hydrogen-bond donors (Lipinski definition) is 1. The van der Waals surface area contributed by atoms with Crippen molar-refractivity contribution in [2.45, 2.75) is 18.1 Å². The second-order valence-electron chi connectivity index (χ2n) is 6.38. The molecule has 5 nitrogen and oxygen atoms in total. The summed E-state index contributed by atoms with van der Waals surface area (Å²) in [5.41, 5.74) is 3.74. The van der Waals surface area contributed by atoms with Crippen LogP contribution in [0.15, 0.2) is 71.2 Å². The molecule has 0 bridgehead atoms. The monoisotopic (exact) mass is 418 g/mol. The zero-order valence-electron chi connectivity index (χ0n) is 15.5. The SMILES string of the molecule is N#Cc1ccsc1NC(=O)CSc1nc2ccccc2n1CCc1ccccc1. The van der Waals surface area contributed by atoms with Crippen molar-refractivity contribution in [3.63, 3.8) is 0 Å². The Bertz CT molecular complexity index is 1170. The van der Waals surface area contributed by atoms with E-state index < -0.39 is 0 Å². The predicted molar refractivity (Wildman–Crippen MR) is 118 cm³/mol. The van der Waals surface area contributed by atoms with Crippen molar-refractivity contribution in [3.05, 3.63) is 77.2 Å². The number of imidazole rings is 1. The van der Waals surface area contributed by atoms with E-state index >= 15 is 0 Å². The quantitative estimate of drug-likeness (QED) is 0.432. The zero-order chi connectivity index (χ0) is 20.1. The van der Waals surface area contributed by atoms with Crippen molar-refractivity contribution in [1.29, 1.82) is 5.26 Å². The first kappa shape index (κ1) is 19.2. The number of aryl methyl sites for hydroxylation is 2. The lowest BCUT2D eigenvalue weighted by Crippen LogP contribution is -2.14. The summed E-state index contributed by atoms with van der Waals surface area (Å²) in [6.45, 7) is 0.790. The Morgan fingerprint density at radius 3 is 2.76 bits per heavy atom. The standard InChI is InChI=1S/C22H18N4OS2/c23-14-17-11-13-28-21(17)25-20(27)15-29-22-24-18-8-4-5-9-19(18)26(22)12-10-16-6-2-1-3-7-16/h1-9,11,13H,10,12,15H2,(H,25,27). The number of anilines is 1. The fraction of sp³-hybridized carbons (Fsp3) is 0.136. The van der Waals surface area contributed by atoms with Crippen molar-refractivity contribution < 1.29 is 4.79 Å². The molecule has 0 fully saturated rings. The molecule has 29 heavy (non-hydrogen) atoms. The number of nitrogens with zero attached hydrogens (tertiary/aromatic N) is 3. The van der Waals surface area contributed by atoms with Gasteiger partial charge in [0.1, 0.15) is 11.1 Å². The third kappa shape index (κ3) is 4.50. The van der Waals surface area contributed by atoms with Gasteiger partial charge in [0.15, 0.2) is 5.16 Å². The number of nitriles is 1. The van der Waals surface area contributed by atoms with Gasteiger partial charge in [-0.05, 0) is 35.6 Å². The molecule has 2 aromatic carbocycles. The van der Waals surface area contributed by atoms with E-state index in [1.54, 1.807) is 11.4 Å². The van der Waals surface area contributed by atoms with Crippen LogP contribution in [0, 0.1) is 11.3 Å². The molecule has 0 radical (unpaired) electrons. The highest BCUT2D eigenvalue weighted by Crippen LogP contribution is 2.26. The van der Waals surface area contributed by atoms with E-state index in [1.165, 1.54) is 28.7 Å². The Morgan fingerprint density at radius 1 is 1.14 bits per heavy atom. The third-order valence-electron chi connectivity index (χ3n) is 4.46. The van der Waals surface area contributed by atoms with E-state index in [-0.39, 0.29) is 11.7 Å². The molecule has 0 aliphatic rings. The van der Waals surface area contributed by atoms with Crippen molar-refractivity contribution in [2.24, 2.45) is 0 Å². The van der Waals surface area contributed by atoms with Gasteiger partial charge >= 0.3 is 0 Å². The normalized spacial score (nSPS) is 10.7. The van der Waals surface area contributed by atoms with Crippen LogP contribution in [0.4, 0.5) is 5.00 Å². The molecular weight excluding hydrogens is 400 g/mol. The molecule has 4 aromatic rings. The molecule has 0 saturated carbocycles. The Labute approximate surface area is 177 Å². The number of nitrogens with one attached hydrogen (secondary N) is 1. The molecule has 0 unspecified atom stereocenters. The summed E-state index contributed by atoms with van der Waals surface area (Å²) in [7, 11) is 0. The molecule has 4 rings (SSSR count). The van der Waals surface area contributed by atoms with Gasteiger partial charge < -0.3 is 9.88 Å². The van der Waals surface area contributed by atoms with Gasteiger partial charge in [-0.1, -0.05) is 54.2 Å². The number of aromatic nitrogens is 2. The first-order valence-corrected chi connectivity index (χ1v) is 11.0. The molecule has 144 valence electrons. The van der Waals surface area contributed by atoms with Gasteiger partial charge in [0, 0.05) is 6.54 Å². The second kappa shape index (κ2) is 8.95. The average Bonchev–Trinajstić information content (AvgIpc) is 3.35. The highest BCUT2D eigenvalue weighted by Gasteiger charge is 2.14. The topological polar surface area (TPSA) is 70.7 Å². The molecule has 7 heteroatoms. The lowest BCUT2D eigenvalue weighted by atomic mass is 10.1. The van der Waals surface area contributed by atoms with Crippen LogP contribution < -0.4 is 5.32 Å². The van der Waals surface area contributed by atoms with Gasteiger partial charge in [-0.15, -0.1) is 11.3 Å². The van der Waals surface area contributed by atoms with E-state index in [4.69, 9.17) is 10.2 Å². The minimum absolute atomic E-state index is 0.143. The summed E-state index contributed by atoms with van der Waals surface area (Å²) in [5.74, 6) is 0.0906. The number of para-hydroxylation sites is 2. The molecular formula is C22H18N4OS2. The smallest absolute Gasteiger partial charge is 0.235 e.